The van der Waals surface area contributed by atoms with E-state index in [0.717, 1.165) is 41.1 Å². The van der Waals surface area contributed by atoms with Gasteiger partial charge in [0.15, 0.2) is 9.84 Å². The Labute approximate surface area is 185 Å². The average molecular weight is 439 g/mol. The van der Waals surface area contributed by atoms with Gasteiger partial charge in [-0.1, -0.05) is 31.2 Å². The maximum Gasteiger partial charge on any atom is 0.226 e. The molecule has 0 saturated carbocycles. The van der Waals surface area contributed by atoms with Gasteiger partial charge in [0.2, 0.25) is 5.89 Å². The van der Waals surface area contributed by atoms with Crippen molar-refractivity contribution in [2.24, 2.45) is 0 Å². The molecule has 5 nitrogen and oxygen atoms in total. The normalized spacial score (nSPS) is 17.3. The summed E-state index contributed by atoms with van der Waals surface area (Å²) in [5, 5.41) is 0. The van der Waals surface area contributed by atoms with Crippen LogP contribution in [0.3, 0.4) is 0 Å². The third-order valence-electron chi connectivity index (χ3n) is 6.25. The average Bonchev–Trinajstić information content (AvgIpc) is 3.37. The van der Waals surface area contributed by atoms with E-state index < -0.39 is 9.84 Å². The highest BCUT2D eigenvalue weighted by atomic mass is 32.2. The second-order valence-corrected chi connectivity index (χ2v) is 10.4. The monoisotopic (exact) mass is 438 g/mol. The molecule has 0 spiro atoms. The lowest BCUT2D eigenvalue weighted by atomic mass is 10.0. The molecule has 1 aromatic heterocycles. The van der Waals surface area contributed by atoms with Gasteiger partial charge in [-0.15, -0.1) is 0 Å². The molecule has 3 aromatic rings. The summed E-state index contributed by atoms with van der Waals surface area (Å²) in [7, 11) is -3.19. The molecule has 31 heavy (non-hydrogen) atoms. The van der Waals surface area contributed by atoms with Crippen LogP contribution in [-0.4, -0.2) is 43.7 Å². The molecule has 4 rings (SSSR count). The molecule has 6 heteroatoms. The Bertz CT molecular complexity index is 1130. The Balaban J connectivity index is 1.46. The molecule has 2 heterocycles. The number of hydrogen-bond donors (Lipinski definition) is 0. The summed E-state index contributed by atoms with van der Waals surface area (Å²) >= 11 is 0. The van der Waals surface area contributed by atoms with Crippen molar-refractivity contribution < 1.29 is 12.8 Å². The van der Waals surface area contributed by atoms with E-state index in [2.05, 4.69) is 11.8 Å². The van der Waals surface area contributed by atoms with Gasteiger partial charge in [0.05, 0.1) is 10.6 Å². The van der Waals surface area contributed by atoms with E-state index in [0.29, 0.717) is 16.8 Å². The second kappa shape index (κ2) is 8.97. The summed E-state index contributed by atoms with van der Waals surface area (Å²) < 4.78 is 29.3. The van der Waals surface area contributed by atoms with Crippen molar-refractivity contribution in [3.63, 3.8) is 0 Å². The molecule has 1 aliphatic rings. The van der Waals surface area contributed by atoms with Crippen molar-refractivity contribution in [1.29, 1.82) is 0 Å². The number of oxazole rings is 1. The summed E-state index contributed by atoms with van der Waals surface area (Å²) in [5.41, 5.74) is 3.97. The van der Waals surface area contributed by atoms with Crippen molar-refractivity contribution >= 4 is 9.84 Å². The van der Waals surface area contributed by atoms with Gasteiger partial charge in [-0.2, -0.15) is 0 Å². The Hall–Kier alpha value is -2.44. The van der Waals surface area contributed by atoms with Gasteiger partial charge in [0, 0.05) is 30.8 Å². The fourth-order valence-electron chi connectivity index (χ4n) is 4.38. The number of hydrogen-bond acceptors (Lipinski definition) is 5. The van der Waals surface area contributed by atoms with Crippen LogP contribution in [0.1, 0.15) is 37.6 Å². The van der Waals surface area contributed by atoms with E-state index in [4.69, 9.17) is 9.40 Å². The minimum absolute atomic E-state index is 0.329. The number of rotatable bonds is 7. The molecule has 1 saturated heterocycles. The van der Waals surface area contributed by atoms with Gasteiger partial charge in [0.1, 0.15) is 5.76 Å². The van der Waals surface area contributed by atoms with Crippen molar-refractivity contribution in [3.8, 4) is 22.6 Å². The molecule has 2 aromatic carbocycles. The number of nitrogens with zero attached hydrogens (tertiary/aromatic N) is 2. The van der Waals surface area contributed by atoms with E-state index in [-0.39, 0.29) is 0 Å². The van der Waals surface area contributed by atoms with E-state index in [1.807, 2.05) is 43.3 Å². The van der Waals surface area contributed by atoms with Crippen LogP contribution in [0.4, 0.5) is 0 Å². The highest BCUT2D eigenvalue weighted by Gasteiger charge is 2.23. The predicted molar refractivity (Wildman–Crippen MR) is 124 cm³/mol. The zero-order valence-corrected chi connectivity index (χ0v) is 19.3. The van der Waals surface area contributed by atoms with E-state index in [1.54, 1.807) is 12.1 Å². The number of benzene rings is 2. The molecule has 164 valence electrons. The van der Waals surface area contributed by atoms with Crippen LogP contribution in [-0.2, 0) is 16.3 Å². The molecule has 1 atom stereocenters. The Morgan fingerprint density at radius 1 is 1.03 bits per heavy atom. The number of likely N-dealkylation sites (tertiary alicyclic amines) is 1. The number of sulfone groups is 1. The van der Waals surface area contributed by atoms with Gasteiger partial charge >= 0.3 is 0 Å². The fourth-order valence-corrected chi connectivity index (χ4v) is 5.02. The summed E-state index contributed by atoms with van der Waals surface area (Å²) in [6, 6.07) is 15.7. The van der Waals surface area contributed by atoms with Gasteiger partial charge in [-0.05, 0) is 68.1 Å². The Morgan fingerprint density at radius 3 is 2.26 bits per heavy atom. The highest BCUT2D eigenvalue weighted by molar-refractivity contribution is 7.90. The first kappa shape index (κ1) is 21.8. The molecule has 0 radical (unpaired) electrons. The number of aryl methyl sites for hydroxylation is 1. The standard InChI is InChI=1S/C25H30N2O3S/c1-4-22-6-5-16-27(22)17-15-24-18(2)30-25(26-24)21-9-7-19(8-10-21)20-11-13-23(14-12-20)31(3,28)29/h7-14,22H,4-6,15-17H2,1-3H3. The van der Waals surface area contributed by atoms with E-state index in [9.17, 15) is 8.42 Å². The van der Waals surface area contributed by atoms with Crippen LogP contribution in [0, 0.1) is 6.92 Å². The predicted octanol–water partition coefficient (Wildman–Crippen LogP) is 5.14. The molecule has 1 aliphatic heterocycles. The van der Waals surface area contributed by atoms with Crippen LogP contribution >= 0.6 is 0 Å². The molecule has 1 unspecified atom stereocenters. The maximum absolute atomic E-state index is 11.6. The van der Waals surface area contributed by atoms with Crippen molar-refractivity contribution in [2.45, 2.75) is 50.5 Å². The van der Waals surface area contributed by atoms with Gasteiger partial charge in [-0.25, -0.2) is 13.4 Å². The van der Waals surface area contributed by atoms with Crippen LogP contribution in [0.25, 0.3) is 22.6 Å². The minimum atomic E-state index is -3.19. The third kappa shape index (κ3) is 4.91. The summed E-state index contributed by atoms with van der Waals surface area (Å²) in [5.74, 6) is 1.54. The van der Waals surface area contributed by atoms with Crippen LogP contribution in [0.5, 0.6) is 0 Å². The first-order valence-corrected chi connectivity index (χ1v) is 12.9. The molecule has 0 bridgehead atoms. The van der Waals surface area contributed by atoms with Crippen LogP contribution in [0.15, 0.2) is 57.8 Å². The Kier molecular flexibility index (Phi) is 6.30. The first-order chi connectivity index (χ1) is 14.8. The fraction of sp³-hybridized carbons (Fsp3) is 0.400. The molecule has 0 amide bonds. The lowest BCUT2D eigenvalue weighted by Gasteiger charge is -2.22. The zero-order valence-electron chi connectivity index (χ0n) is 18.5. The molecule has 0 aliphatic carbocycles. The van der Waals surface area contributed by atoms with Gasteiger partial charge in [-0.3, -0.25) is 0 Å². The van der Waals surface area contributed by atoms with Gasteiger partial charge in [0.25, 0.3) is 0 Å². The molecular weight excluding hydrogens is 408 g/mol. The summed E-state index contributed by atoms with van der Waals surface area (Å²) in [6.45, 7) is 6.49. The molecule has 0 N–H and O–H groups in total. The second-order valence-electron chi connectivity index (χ2n) is 8.39. The van der Waals surface area contributed by atoms with Gasteiger partial charge < -0.3 is 9.32 Å². The van der Waals surface area contributed by atoms with Crippen molar-refractivity contribution in [1.82, 2.24) is 9.88 Å². The minimum Gasteiger partial charge on any atom is -0.441 e. The first-order valence-electron chi connectivity index (χ1n) is 11.0. The maximum atomic E-state index is 11.6. The van der Waals surface area contributed by atoms with Crippen LogP contribution < -0.4 is 0 Å². The lowest BCUT2D eigenvalue weighted by molar-refractivity contribution is 0.250. The zero-order chi connectivity index (χ0) is 22.0. The molecule has 1 fully saturated rings. The summed E-state index contributed by atoms with van der Waals surface area (Å²) in [6.07, 6.45) is 5.95. The van der Waals surface area contributed by atoms with Crippen LogP contribution in [0.2, 0.25) is 0 Å². The van der Waals surface area contributed by atoms with Crippen molar-refractivity contribution in [2.75, 3.05) is 19.3 Å². The van der Waals surface area contributed by atoms with E-state index >= 15 is 0 Å². The molecular formula is C25H30N2O3S. The SMILES string of the molecule is CCC1CCCN1CCc1nc(-c2ccc(-c3ccc(S(C)(=O)=O)cc3)cc2)oc1C. The van der Waals surface area contributed by atoms with E-state index in [1.165, 1.54) is 32.1 Å². The summed E-state index contributed by atoms with van der Waals surface area (Å²) in [4.78, 5) is 7.68. The van der Waals surface area contributed by atoms with Crippen molar-refractivity contribution in [3.05, 3.63) is 60.0 Å². The largest absolute Gasteiger partial charge is 0.441 e. The smallest absolute Gasteiger partial charge is 0.226 e. The quantitative estimate of drug-likeness (QED) is 0.511. The number of aromatic nitrogens is 1. The third-order valence-corrected chi connectivity index (χ3v) is 7.37. The Morgan fingerprint density at radius 2 is 1.65 bits per heavy atom. The highest BCUT2D eigenvalue weighted by Crippen LogP contribution is 2.27. The topological polar surface area (TPSA) is 63.4 Å². The lowest BCUT2D eigenvalue weighted by Crippen LogP contribution is -2.30.